The van der Waals surface area contributed by atoms with Crippen LogP contribution in [-0.2, 0) is 17.8 Å². The Morgan fingerprint density at radius 1 is 0.964 bits per heavy atom. The van der Waals surface area contributed by atoms with Gasteiger partial charge in [-0.25, -0.2) is 0 Å². The van der Waals surface area contributed by atoms with E-state index in [1.54, 1.807) is 24.3 Å². The van der Waals surface area contributed by atoms with Crippen molar-refractivity contribution in [2.45, 2.75) is 32.7 Å². The molecule has 2 amide bonds. The Labute approximate surface area is 162 Å². The molecule has 1 aromatic heterocycles. The van der Waals surface area contributed by atoms with Crippen LogP contribution in [0, 0.1) is 0 Å². The Kier molecular flexibility index (Phi) is 4.89. The molecule has 28 heavy (non-hydrogen) atoms. The highest BCUT2D eigenvalue weighted by Gasteiger charge is 2.17. The van der Waals surface area contributed by atoms with E-state index in [9.17, 15) is 9.59 Å². The van der Waals surface area contributed by atoms with Gasteiger partial charge >= 0.3 is 0 Å². The monoisotopic (exact) mass is 375 g/mol. The summed E-state index contributed by atoms with van der Waals surface area (Å²) >= 11 is 0. The number of carbonyl (C=O) groups is 2. The van der Waals surface area contributed by atoms with Crippen molar-refractivity contribution in [3.63, 3.8) is 0 Å². The van der Waals surface area contributed by atoms with E-state index in [4.69, 9.17) is 0 Å². The lowest BCUT2D eigenvalue weighted by Crippen LogP contribution is -2.13. The Hall–Kier alpha value is -3.48. The van der Waals surface area contributed by atoms with E-state index in [1.807, 2.05) is 24.3 Å². The van der Waals surface area contributed by atoms with E-state index in [0.29, 0.717) is 16.9 Å². The van der Waals surface area contributed by atoms with Gasteiger partial charge in [-0.1, -0.05) is 6.07 Å². The number of anilines is 2. The summed E-state index contributed by atoms with van der Waals surface area (Å²) in [6, 6.07) is 14.4. The highest BCUT2D eigenvalue weighted by atomic mass is 16.2. The second-order valence-corrected chi connectivity index (χ2v) is 6.84. The number of carbonyl (C=O) groups excluding carboxylic acids is 2. The predicted octanol–water partition coefficient (Wildman–Crippen LogP) is 3.49. The molecular formula is C21H21N5O2. The zero-order chi connectivity index (χ0) is 19.5. The molecule has 3 aromatic rings. The molecule has 0 radical (unpaired) electrons. The van der Waals surface area contributed by atoms with Crippen LogP contribution in [0.4, 0.5) is 11.4 Å². The predicted molar refractivity (Wildman–Crippen MR) is 107 cm³/mol. The van der Waals surface area contributed by atoms with Crippen molar-refractivity contribution in [3.8, 4) is 11.4 Å². The summed E-state index contributed by atoms with van der Waals surface area (Å²) in [7, 11) is 0. The number of nitrogens with zero attached hydrogens (tertiary/aromatic N) is 3. The molecule has 4 rings (SSSR count). The fourth-order valence-electron chi connectivity index (χ4n) is 3.37. The molecule has 0 bridgehead atoms. The van der Waals surface area contributed by atoms with Gasteiger partial charge in [0.1, 0.15) is 5.82 Å². The van der Waals surface area contributed by atoms with Gasteiger partial charge in [-0.2, -0.15) is 0 Å². The third-order valence-electron chi connectivity index (χ3n) is 4.71. The Balaban J connectivity index is 1.48. The molecule has 0 fully saturated rings. The molecule has 142 valence electrons. The van der Waals surface area contributed by atoms with Crippen LogP contribution in [0.25, 0.3) is 11.4 Å². The number of hydrogen-bond donors (Lipinski definition) is 2. The average molecular weight is 375 g/mol. The molecule has 7 nitrogen and oxygen atoms in total. The van der Waals surface area contributed by atoms with E-state index < -0.39 is 0 Å². The second-order valence-electron chi connectivity index (χ2n) is 6.84. The van der Waals surface area contributed by atoms with Crippen LogP contribution in [-0.4, -0.2) is 26.6 Å². The first-order chi connectivity index (χ1) is 13.6. The summed E-state index contributed by atoms with van der Waals surface area (Å²) in [5.41, 5.74) is 2.73. The van der Waals surface area contributed by atoms with Crippen molar-refractivity contribution in [1.82, 2.24) is 14.8 Å². The number of benzene rings is 2. The molecule has 0 aliphatic carbocycles. The fourth-order valence-corrected chi connectivity index (χ4v) is 3.37. The molecule has 2 N–H and O–H groups in total. The highest BCUT2D eigenvalue weighted by Crippen LogP contribution is 2.24. The number of nitrogens with one attached hydrogen (secondary N) is 2. The van der Waals surface area contributed by atoms with Crippen molar-refractivity contribution in [1.29, 1.82) is 0 Å². The molecule has 2 aromatic carbocycles. The minimum absolute atomic E-state index is 0.177. The number of amides is 2. The molecule has 0 atom stereocenters. The van der Waals surface area contributed by atoms with E-state index in [2.05, 4.69) is 25.4 Å². The molecule has 0 saturated carbocycles. The molecule has 7 heteroatoms. The molecular weight excluding hydrogens is 354 g/mol. The van der Waals surface area contributed by atoms with Crippen molar-refractivity contribution >= 4 is 23.2 Å². The Morgan fingerprint density at radius 3 is 2.57 bits per heavy atom. The summed E-state index contributed by atoms with van der Waals surface area (Å²) in [5, 5.41) is 14.2. The smallest absolute Gasteiger partial charge is 0.255 e. The fraction of sp³-hybridized carbons (Fsp3) is 0.238. The first-order valence-corrected chi connectivity index (χ1v) is 9.32. The van der Waals surface area contributed by atoms with Gasteiger partial charge < -0.3 is 15.2 Å². The SMILES string of the molecule is CC(=O)Nc1cccc(C(=O)Nc2ccc(-c3nnc4n3CCCC4)cc2)c1. The zero-order valence-corrected chi connectivity index (χ0v) is 15.6. The van der Waals surface area contributed by atoms with Crippen LogP contribution in [0.3, 0.4) is 0 Å². The van der Waals surface area contributed by atoms with Crippen molar-refractivity contribution in [3.05, 3.63) is 59.9 Å². The third-order valence-corrected chi connectivity index (χ3v) is 4.71. The van der Waals surface area contributed by atoms with Crippen LogP contribution >= 0.6 is 0 Å². The lowest BCUT2D eigenvalue weighted by molar-refractivity contribution is -0.114. The summed E-state index contributed by atoms with van der Waals surface area (Å²) in [6.07, 6.45) is 3.27. The van der Waals surface area contributed by atoms with E-state index >= 15 is 0 Å². The zero-order valence-electron chi connectivity index (χ0n) is 15.6. The van der Waals surface area contributed by atoms with Gasteiger partial charge in [0.05, 0.1) is 0 Å². The molecule has 0 saturated heterocycles. The quantitative estimate of drug-likeness (QED) is 0.730. The largest absolute Gasteiger partial charge is 0.326 e. The number of aromatic nitrogens is 3. The first-order valence-electron chi connectivity index (χ1n) is 9.32. The van der Waals surface area contributed by atoms with Crippen LogP contribution in [0.2, 0.25) is 0 Å². The maximum absolute atomic E-state index is 12.5. The van der Waals surface area contributed by atoms with E-state index in [0.717, 1.165) is 43.0 Å². The second kappa shape index (κ2) is 7.64. The van der Waals surface area contributed by atoms with Crippen molar-refractivity contribution in [2.24, 2.45) is 0 Å². The summed E-state index contributed by atoms with van der Waals surface area (Å²) in [5.74, 6) is 1.50. The number of rotatable bonds is 4. The minimum Gasteiger partial charge on any atom is -0.326 e. The average Bonchev–Trinajstić information content (AvgIpc) is 3.12. The van der Waals surface area contributed by atoms with E-state index in [-0.39, 0.29) is 11.8 Å². The third kappa shape index (κ3) is 3.78. The molecule has 0 spiro atoms. The topological polar surface area (TPSA) is 88.9 Å². The maximum atomic E-state index is 12.5. The van der Waals surface area contributed by atoms with Crippen LogP contribution in [0.1, 0.15) is 35.9 Å². The van der Waals surface area contributed by atoms with Crippen molar-refractivity contribution in [2.75, 3.05) is 10.6 Å². The molecule has 2 heterocycles. The molecule has 1 aliphatic rings. The lowest BCUT2D eigenvalue weighted by Gasteiger charge is -2.14. The van der Waals surface area contributed by atoms with Gasteiger partial charge in [-0.3, -0.25) is 9.59 Å². The lowest BCUT2D eigenvalue weighted by atomic mass is 10.1. The first kappa shape index (κ1) is 17.9. The summed E-state index contributed by atoms with van der Waals surface area (Å²) < 4.78 is 2.17. The standard InChI is InChI=1S/C21H21N5O2/c1-14(27)22-18-6-4-5-16(13-18)21(28)23-17-10-8-15(9-11-17)20-25-24-19-7-2-3-12-26(19)20/h4-6,8-11,13H,2-3,7,12H2,1H3,(H,22,27)(H,23,28). The number of aryl methyl sites for hydroxylation is 1. The van der Waals surface area contributed by atoms with Crippen LogP contribution in [0.15, 0.2) is 48.5 Å². The van der Waals surface area contributed by atoms with Gasteiger partial charge in [-0.05, 0) is 55.3 Å². The molecule has 1 aliphatic heterocycles. The Bertz CT molecular complexity index is 1020. The normalized spacial score (nSPS) is 12.9. The Morgan fingerprint density at radius 2 is 1.79 bits per heavy atom. The summed E-state index contributed by atoms with van der Waals surface area (Å²) in [6.45, 7) is 2.38. The van der Waals surface area contributed by atoms with Gasteiger partial charge in [0.2, 0.25) is 5.91 Å². The molecule has 0 unspecified atom stereocenters. The van der Waals surface area contributed by atoms with Gasteiger partial charge in [0.15, 0.2) is 5.82 Å². The van der Waals surface area contributed by atoms with Gasteiger partial charge in [0, 0.05) is 42.4 Å². The summed E-state index contributed by atoms with van der Waals surface area (Å²) in [4.78, 5) is 23.7. The van der Waals surface area contributed by atoms with Gasteiger partial charge in [0.25, 0.3) is 5.91 Å². The highest BCUT2D eigenvalue weighted by molar-refractivity contribution is 6.05. The minimum atomic E-state index is -0.236. The maximum Gasteiger partial charge on any atom is 0.255 e. The van der Waals surface area contributed by atoms with Crippen molar-refractivity contribution < 1.29 is 9.59 Å². The van der Waals surface area contributed by atoms with Gasteiger partial charge in [-0.15, -0.1) is 10.2 Å². The van der Waals surface area contributed by atoms with E-state index in [1.165, 1.54) is 6.92 Å². The number of hydrogen-bond acceptors (Lipinski definition) is 4. The van der Waals surface area contributed by atoms with Crippen LogP contribution in [0.5, 0.6) is 0 Å². The number of fused-ring (bicyclic) bond motifs is 1. The van der Waals surface area contributed by atoms with Crippen LogP contribution < -0.4 is 10.6 Å².